The highest BCUT2D eigenvalue weighted by molar-refractivity contribution is 7.26. The van der Waals surface area contributed by atoms with Crippen LogP contribution in [0, 0.1) is 17.9 Å². The third kappa shape index (κ3) is 4.90. The van der Waals surface area contributed by atoms with Crippen molar-refractivity contribution in [2.45, 2.75) is 0 Å². The van der Waals surface area contributed by atoms with Crippen LogP contribution in [0.2, 0.25) is 0 Å². The molecule has 0 amide bonds. The van der Waals surface area contributed by atoms with Crippen molar-refractivity contribution in [3.05, 3.63) is 205 Å². The van der Waals surface area contributed by atoms with E-state index < -0.39 is 0 Å². The molecular weight excluding hydrogens is 751 g/mol. The second-order valence-electron chi connectivity index (χ2n) is 15.1. The summed E-state index contributed by atoms with van der Waals surface area (Å²) < 4.78 is 6.83. The highest BCUT2D eigenvalue weighted by Crippen LogP contribution is 2.46. The Hall–Kier alpha value is -8.16. The summed E-state index contributed by atoms with van der Waals surface area (Å²) in [7, 11) is 0. The fourth-order valence-corrected chi connectivity index (χ4v) is 10.5. The number of fused-ring (bicyclic) bond motifs is 12. The van der Waals surface area contributed by atoms with Crippen LogP contribution >= 0.6 is 11.3 Å². The van der Waals surface area contributed by atoms with Crippen molar-refractivity contribution >= 4 is 109 Å². The van der Waals surface area contributed by atoms with Gasteiger partial charge in [0.1, 0.15) is 6.07 Å². The summed E-state index contributed by atoms with van der Waals surface area (Å²) in [5.41, 5.74) is 9.35. The number of thiophene rings is 1. The molecule has 9 aromatic carbocycles. The van der Waals surface area contributed by atoms with Crippen LogP contribution in [0.4, 0.5) is 22.7 Å². The van der Waals surface area contributed by atoms with Gasteiger partial charge in [-0.1, -0.05) is 103 Å². The van der Waals surface area contributed by atoms with E-state index in [4.69, 9.17) is 6.57 Å². The number of para-hydroxylation sites is 3. The average molecular weight is 782 g/mol. The number of hydrogen-bond acceptors (Lipinski definition) is 3. The highest BCUT2D eigenvalue weighted by atomic mass is 32.1. The van der Waals surface area contributed by atoms with Gasteiger partial charge in [-0.15, -0.1) is 11.3 Å². The van der Waals surface area contributed by atoms with E-state index in [9.17, 15) is 5.26 Å². The average Bonchev–Trinajstić information content (AvgIpc) is 3.97. The minimum atomic E-state index is 0.466. The van der Waals surface area contributed by atoms with Crippen molar-refractivity contribution < 1.29 is 0 Å². The van der Waals surface area contributed by atoms with Gasteiger partial charge in [-0.05, 0) is 95.7 Å². The van der Waals surface area contributed by atoms with Gasteiger partial charge in [0.05, 0.1) is 45.6 Å². The van der Waals surface area contributed by atoms with E-state index >= 15 is 0 Å². The predicted octanol–water partition coefficient (Wildman–Crippen LogP) is 15.3. The Labute approximate surface area is 348 Å². The Balaban J connectivity index is 1.14. The third-order valence-corrected chi connectivity index (χ3v) is 13.1. The molecule has 0 radical (unpaired) electrons. The van der Waals surface area contributed by atoms with Gasteiger partial charge in [0.15, 0.2) is 0 Å². The first kappa shape index (κ1) is 33.9. The molecule has 0 spiro atoms. The molecule has 12 aromatic rings. The summed E-state index contributed by atoms with van der Waals surface area (Å²) in [5.74, 6) is 0. The van der Waals surface area contributed by atoms with Crippen LogP contribution < -0.4 is 4.90 Å². The van der Waals surface area contributed by atoms with Crippen molar-refractivity contribution in [3.8, 4) is 17.4 Å². The summed E-state index contributed by atoms with van der Waals surface area (Å²) >= 11 is 1.80. The van der Waals surface area contributed by atoms with Crippen LogP contribution in [0.5, 0.6) is 0 Å². The lowest BCUT2D eigenvalue weighted by Crippen LogP contribution is -2.09. The molecular formula is C54H31N5S. The molecule has 0 bridgehead atoms. The van der Waals surface area contributed by atoms with Crippen molar-refractivity contribution in [2.24, 2.45) is 0 Å². The molecule has 6 heteroatoms. The molecule has 3 heterocycles. The zero-order chi connectivity index (χ0) is 39.9. The Morgan fingerprint density at radius 1 is 0.467 bits per heavy atom. The Morgan fingerprint density at radius 3 is 1.85 bits per heavy atom. The SMILES string of the molecule is [C-]#[N+]c1cc(-n2c3ccc(N(c4ccccc4)c4ccccc4)cc3c3c4ccccc4ccc32)c(C#N)cc1-n1c2ccccc2c2c3c(ccc21)sc1ccccc13. The van der Waals surface area contributed by atoms with E-state index in [-0.39, 0.29) is 0 Å². The van der Waals surface area contributed by atoms with Gasteiger partial charge in [0.2, 0.25) is 5.69 Å². The number of hydrogen-bond donors (Lipinski definition) is 0. The van der Waals surface area contributed by atoms with Crippen molar-refractivity contribution in [1.82, 2.24) is 9.13 Å². The number of benzene rings is 9. The summed E-state index contributed by atoms with van der Waals surface area (Å²) in [4.78, 5) is 6.48. The lowest BCUT2D eigenvalue weighted by Gasteiger charge is -2.25. The second kappa shape index (κ2) is 13.2. The van der Waals surface area contributed by atoms with Crippen molar-refractivity contribution in [1.29, 1.82) is 5.26 Å². The first-order valence-corrected chi connectivity index (χ1v) is 20.7. The van der Waals surface area contributed by atoms with Gasteiger partial charge in [-0.25, -0.2) is 4.85 Å². The maximum atomic E-state index is 11.1. The molecule has 0 fully saturated rings. The summed E-state index contributed by atoms with van der Waals surface area (Å²) in [5, 5.41) is 20.2. The molecule has 12 rings (SSSR count). The molecule has 0 aliphatic carbocycles. The molecule has 278 valence electrons. The van der Waals surface area contributed by atoms with Gasteiger partial charge >= 0.3 is 0 Å². The van der Waals surface area contributed by atoms with E-state index in [1.807, 2.05) is 30.3 Å². The number of anilines is 3. The third-order valence-electron chi connectivity index (χ3n) is 11.9. The number of rotatable bonds is 5. The van der Waals surface area contributed by atoms with Crippen molar-refractivity contribution in [2.75, 3.05) is 4.90 Å². The molecule has 0 saturated heterocycles. The van der Waals surface area contributed by atoms with Gasteiger partial charge in [-0.3, -0.25) is 0 Å². The summed E-state index contributed by atoms with van der Waals surface area (Å²) in [6.07, 6.45) is 0. The summed E-state index contributed by atoms with van der Waals surface area (Å²) in [6, 6.07) is 68.0. The van der Waals surface area contributed by atoms with E-state index in [0.717, 1.165) is 71.4 Å². The van der Waals surface area contributed by atoms with Crippen molar-refractivity contribution in [3.63, 3.8) is 0 Å². The zero-order valence-electron chi connectivity index (χ0n) is 32.0. The molecule has 0 atom stereocenters. The minimum absolute atomic E-state index is 0.466. The fraction of sp³-hybridized carbons (Fsp3) is 0. The van der Waals surface area contributed by atoms with Crippen LogP contribution in [-0.2, 0) is 0 Å². The Kier molecular flexibility index (Phi) is 7.46. The van der Waals surface area contributed by atoms with Gasteiger partial charge in [0.25, 0.3) is 0 Å². The predicted molar refractivity (Wildman–Crippen MR) is 251 cm³/mol. The van der Waals surface area contributed by atoms with Gasteiger partial charge in [-0.2, -0.15) is 5.26 Å². The van der Waals surface area contributed by atoms with Crippen LogP contribution in [0.15, 0.2) is 188 Å². The topological polar surface area (TPSA) is 41.2 Å². The number of nitriles is 1. The van der Waals surface area contributed by atoms with Crippen LogP contribution in [0.25, 0.3) is 90.8 Å². The largest absolute Gasteiger partial charge is 0.319 e. The Morgan fingerprint density at radius 2 is 1.08 bits per heavy atom. The zero-order valence-corrected chi connectivity index (χ0v) is 32.9. The Bertz CT molecular complexity index is 3760. The van der Waals surface area contributed by atoms with Gasteiger partial charge < -0.3 is 14.0 Å². The molecule has 60 heavy (non-hydrogen) atoms. The monoisotopic (exact) mass is 781 g/mol. The highest BCUT2D eigenvalue weighted by Gasteiger charge is 2.24. The normalized spacial score (nSPS) is 11.6. The first-order valence-electron chi connectivity index (χ1n) is 19.9. The quantitative estimate of drug-likeness (QED) is 0.163. The van der Waals surface area contributed by atoms with E-state index in [1.54, 1.807) is 11.3 Å². The molecule has 0 aliphatic rings. The van der Waals surface area contributed by atoms with E-state index in [1.165, 1.54) is 20.2 Å². The molecule has 3 aromatic heterocycles. The van der Waals surface area contributed by atoms with Crippen LogP contribution in [0.1, 0.15) is 5.56 Å². The molecule has 0 unspecified atom stereocenters. The first-order chi connectivity index (χ1) is 29.7. The van der Waals surface area contributed by atoms with Crippen LogP contribution in [0.3, 0.4) is 0 Å². The van der Waals surface area contributed by atoms with Gasteiger partial charge in [0, 0.05) is 58.8 Å². The lowest BCUT2D eigenvalue weighted by atomic mass is 10.0. The fourth-order valence-electron chi connectivity index (χ4n) is 9.42. The summed E-state index contributed by atoms with van der Waals surface area (Å²) in [6.45, 7) is 8.66. The molecule has 5 nitrogen and oxygen atoms in total. The molecule has 0 aliphatic heterocycles. The maximum Gasteiger partial charge on any atom is 0.212 e. The number of nitrogens with zero attached hydrogens (tertiary/aromatic N) is 5. The van der Waals surface area contributed by atoms with Crippen LogP contribution in [-0.4, -0.2) is 9.13 Å². The smallest absolute Gasteiger partial charge is 0.212 e. The maximum absolute atomic E-state index is 11.1. The number of aromatic nitrogens is 2. The molecule has 0 saturated carbocycles. The standard InChI is InChI=1S/C54H31N5S/c1-56-43-32-48(35(33-55)30-49(43)59-44-22-12-10-20-40(44)53-47(59)28-29-51-54(53)41-21-11-13-23-50(41)60-51)58-45-27-25-38(57(36-15-4-2-5-16-36)37-17-6-3-7-18-37)31-42(45)52-39-19-9-8-14-34(39)24-26-46(52)58/h2-32H. The van der Waals surface area contributed by atoms with E-state index in [0.29, 0.717) is 22.6 Å². The lowest BCUT2D eigenvalue weighted by molar-refractivity contribution is 1.14. The minimum Gasteiger partial charge on any atom is -0.319 e. The molecule has 0 N–H and O–H groups in total. The van der Waals surface area contributed by atoms with E-state index in [2.05, 4.69) is 183 Å². The second-order valence-corrected chi connectivity index (χ2v) is 16.2.